The van der Waals surface area contributed by atoms with Crippen LogP contribution in [0.4, 0.5) is 0 Å². The van der Waals surface area contributed by atoms with Crippen molar-refractivity contribution in [3.05, 3.63) is 0 Å². The first-order chi connectivity index (χ1) is 8.53. The van der Waals surface area contributed by atoms with E-state index in [-0.39, 0.29) is 5.60 Å². The number of nitrogens with one attached hydrogen (secondary N) is 1. The maximum absolute atomic E-state index is 6.22. The number of hydrogen-bond acceptors (Lipinski definition) is 3. The highest BCUT2D eigenvalue weighted by atomic mass is 16.5. The van der Waals surface area contributed by atoms with E-state index in [1.165, 1.54) is 25.7 Å². The number of hydrogen-bond donors (Lipinski definition) is 1. The Hall–Kier alpha value is -0.120. The molecule has 1 saturated heterocycles. The Kier molecular flexibility index (Phi) is 5.05. The molecule has 0 bridgehead atoms. The van der Waals surface area contributed by atoms with Gasteiger partial charge in [0.2, 0.25) is 0 Å². The summed E-state index contributed by atoms with van der Waals surface area (Å²) in [4.78, 5) is 0. The molecule has 2 fully saturated rings. The van der Waals surface area contributed by atoms with Crippen LogP contribution in [0.25, 0.3) is 0 Å². The first kappa shape index (κ1) is 14.3. The van der Waals surface area contributed by atoms with Gasteiger partial charge in [-0.15, -0.1) is 0 Å². The smallest absolute Gasteiger partial charge is 0.0603 e. The second kappa shape index (κ2) is 6.36. The maximum atomic E-state index is 6.22. The molecule has 0 atom stereocenters. The summed E-state index contributed by atoms with van der Waals surface area (Å²) in [7, 11) is 0. The molecular formula is C15H29NO2. The molecule has 0 aromatic carbocycles. The minimum absolute atomic E-state index is 0.00655. The molecule has 0 unspecified atom stereocenters. The predicted molar refractivity (Wildman–Crippen MR) is 73.9 cm³/mol. The minimum Gasteiger partial charge on any atom is -0.375 e. The van der Waals surface area contributed by atoms with Crippen LogP contribution >= 0.6 is 0 Å². The molecule has 0 radical (unpaired) electrons. The Bertz CT molecular complexity index is 235. The van der Waals surface area contributed by atoms with Gasteiger partial charge in [0.25, 0.3) is 0 Å². The SMILES string of the molecule is CC(C)(C)OC1CCC(OC2CCNCC2)CC1. The second-order valence-corrected chi connectivity index (χ2v) is 6.71. The summed E-state index contributed by atoms with van der Waals surface area (Å²) < 4.78 is 12.3. The van der Waals surface area contributed by atoms with Gasteiger partial charge < -0.3 is 14.8 Å². The Balaban J connectivity index is 1.66. The third-order valence-electron chi connectivity index (χ3n) is 3.81. The lowest BCUT2D eigenvalue weighted by Gasteiger charge is -2.35. The first-order valence-corrected chi connectivity index (χ1v) is 7.57. The van der Waals surface area contributed by atoms with Crippen molar-refractivity contribution in [1.29, 1.82) is 0 Å². The summed E-state index contributed by atoms with van der Waals surface area (Å²) in [5, 5.41) is 3.38. The molecule has 1 aliphatic heterocycles. The van der Waals surface area contributed by atoms with Crippen molar-refractivity contribution in [3.8, 4) is 0 Å². The molecule has 1 saturated carbocycles. The summed E-state index contributed by atoms with van der Waals surface area (Å²) in [6.07, 6.45) is 8.44. The normalized spacial score (nSPS) is 31.5. The lowest BCUT2D eigenvalue weighted by atomic mass is 9.94. The molecule has 3 heteroatoms. The standard InChI is InChI=1S/C15H29NO2/c1-15(2,3)18-14-6-4-12(5-7-14)17-13-8-10-16-11-9-13/h12-14,16H,4-11H2,1-3H3. The van der Waals surface area contributed by atoms with Crippen molar-refractivity contribution in [2.45, 2.75) is 83.2 Å². The van der Waals surface area contributed by atoms with Crippen LogP contribution in [0.1, 0.15) is 59.3 Å². The highest BCUT2D eigenvalue weighted by molar-refractivity contribution is 4.78. The molecule has 0 aromatic rings. The molecule has 3 nitrogen and oxygen atoms in total. The van der Waals surface area contributed by atoms with Gasteiger partial charge >= 0.3 is 0 Å². The average Bonchev–Trinajstić information content (AvgIpc) is 2.31. The van der Waals surface area contributed by atoms with Gasteiger partial charge in [-0.25, -0.2) is 0 Å². The zero-order chi connectivity index (χ0) is 13.0. The van der Waals surface area contributed by atoms with E-state index in [1.807, 2.05) is 0 Å². The summed E-state index contributed by atoms with van der Waals surface area (Å²) in [5.74, 6) is 0. The van der Waals surface area contributed by atoms with Crippen LogP contribution in [-0.4, -0.2) is 37.0 Å². The molecule has 106 valence electrons. The van der Waals surface area contributed by atoms with E-state index < -0.39 is 0 Å². The Morgan fingerprint density at radius 3 is 1.83 bits per heavy atom. The Morgan fingerprint density at radius 2 is 1.28 bits per heavy atom. The highest BCUT2D eigenvalue weighted by Crippen LogP contribution is 2.28. The van der Waals surface area contributed by atoms with Gasteiger partial charge in [0, 0.05) is 0 Å². The first-order valence-electron chi connectivity index (χ1n) is 7.57. The van der Waals surface area contributed by atoms with E-state index >= 15 is 0 Å². The topological polar surface area (TPSA) is 30.5 Å². The largest absolute Gasteiger partial charge is 0.375 e. The van der Waals surface area contributed by atoms with Crippen molar-refractivity contribution in [3.63, 3.8) is 0 Å². The zero-order valence-corrected chi connectivity index (χ0v) is 12.2. The third-order valence-corrected chi connectivity index (χ3v) is 3.81. The molecule has 0 spiro atoms. The number of piperidine rings is 1. The van der Waals surface area contributed by atoms with E-state index in [0.29, 0.717) is 18.3 Å². The maximum Gasteiger partial charge on any atom is 0.0603 e. The second-order valence-electron chi connectivity index (χ2n) is 6.71. The third kappa shape index (κ3) is 4.87. The Labute approximate surface area is 112 Å². The fourth-order valence-corrected chi connectivity index (χ4v) is 2.99. The van der Waals surface area contributed by atoms with Gasteiger partial charge in [0.05, 0.1) is 23.9 Å². The number of ether oxygens (including phenoxy) is 2. The molecule has 1 heterocycles. The highest BCUT2D eigenvalue weighted by Gasteiger charge is 2.27. The van der Waals surface area contributed by atoms with Crippen LogP contribution in [-0.2, 0) is 9.47 Å². The van der Waals surface area contributed by atoms with Crippen molar-refractivity contribution >= 4 is 0 Å². The van der Waals surface area contributed by atoms with Crippen molar-refractivity contribution in [2.75, 3.05) is 13.1 Å². The summed E-state index contributed by atoms with van der Waals surface area (Å²) in [6.45, 7) is 8.67. The Morgan fingerprint density at radius 1 is 0.778 bits per heavy atom. The summed E-state index contributed by atoms with van der Waals surface area (Å²) in [5.41, 5.74) is -0.00655. The number of rotatable bonds is 3. The van der Waals surface area contributed by atoms with Crippen LogP contribution in [0.3, 0.4) is 0 Å². The summed E-state index contributed by atoms with van der Waals surface area (Å²) >= 11 is 0. The van der Waals surface area contributed by atoms with E-state index in [2.05, 4.69) is 26.1 Å². The van der Waals surface area contributed by atoms with Crippen molar-refractivity contribution < 1.29 is 9.47 Å². The zero-order valence-electron chi connectivity index (χ0n) is 12.2. The van der Waals surface area contributed by atoms with Crippen molar-refractivity contribution in [1.82, 2.24) is 5.32 Å². The average molecular weight is 255 g/mol. The van der Waals surface area contributed by atoms with Crippen LogP contribution in [0.5, 0.6) is 0 Å². The quantitative estimate of drug-likeness (QED) is 0.841. The monoisotopic (exact) mass is 255 g/mol. The molecule has 2 aliphatic rings. The van der Waals surface area contributed by atoms with Crippen LogP contribution < -0.4 is 5.32 Å². The van der Waals surface area contributed by atoms with Gasteiger partial charge in [0.15, 0.2) is 0 Å². The van der Waals surface area contributed by atoms with Gasteiger partial charge in [-0.1, -0.05) is 0 Å². The van der Waals surface area contributed by atoms with E-state index in [1.54, 1.807) is 0 Å². The van der Waals surface area contributed by atoms with Gasteiger partial charge in [-0.3, -0.25) is 0 Å². The molecule has 0 amide bonds. The van der Waals surface area contributed by atoms with Gasteiger partial charge in [-0.2, -0.15) is 0 Å². The van der Waals surface area contributed by atoms with Crippen LogP contribution in [0.15, 0.2) is 0 Å². The van der Waals surface area contributed by atoms with Crippen LogP contribution in [0, 0.1) is 0 Å². The summed E-state index contributed by atoms with van der Waals surface area (Å²) in [6, 6.07) is 0. The molecule has 1 aliphatic carbocycles. The van der Waals surface area contributed by atoms with E-state index in [9.17, 15) is 0 Å². The predicted octanol–water partition coefficient (Wildman–Crippen LogP) is 2.88. The minimum atomic E-state index is -0.00655. The van der Waals surface area contributed by atoms with Crippen LogP contribution in [0.2, 0.25) is 0 Å². The molecule has 2 rings (SSSR count). The molecule has 0 aromatic heterocycles. The lowest BCUT2D eigenvalue weighted by Crippen LogP contribution is -2.37. The van der Waals surface area contributed by atoms with E-state index in [4.69, 9.17) is 9.47 Å². The van der Waals surface area contributed by atoms with Crippen molar-refractivity contribution in [2.24, 2.45) is 0 Å². The lowest BCUT2D eigenvalue weighted by molar-refractivity contribution is -0.106. The van der Waals surface area contributed by atoms with Gasteiger partial charge in [0.1, 0.15) is 0 Å². The molecule has 18 heavy (non-hydrogen) atoms. The fourth-order valence-electron chi connectivity index (χ4n) is 2.99. The van der Waals surface area contributed by atoms with E-state index in [0.717, 1.165) is 25.9 Å². The fraction of sp³-hybridized carbons (Fsp3) is 1.00. The van der Waals surface area contributed by atoms with Gasteiger partial charge in [-0.05, 0) is 72.4 Å². The molecule has 1 N–H and O–H groups in total. The molecular weight excluding hydrogens is 226 g/mol.